The van der Waals surface area contributed by atoms with Gasteiger partial charge in [-0.15, -0.1) is 0 Å². The molecule has 0 saturated carbocycles. The Hall–Kier alpha value is -3.66. The minimum atomic E-state index is -2.15. The monoisotopic (exact) mass is 472 g/mol. The zero-order valence-electron chi connectivity index (χ0n) is 17.6. The first-order valence-electron chi connectivity index (χ1n) is 9.85. The lowest BCUT2D eigenvalue weighted by atomic mass is 10.1. The van der Waals surface area contributed by atoms with Gasteiger partial charge in [0.05, 0.1) is 16.9 Å². The lowest BCUT2D eigenvalue weighted by Crippen LogP contribution is -2.16. The third kappa shape index (κ3) is 3.12. The molecule has 11 heteroatoms. The van der Waals surface area contributed by atoms with Crippen LogP contribution in [0.4, 0.5) is 13.2 Å². The zero-order chi connectivity index (χ0) is 23.6. The number of hydrogen-bond donors (Lipinski definition) is 1. The molecule has 0 fully saturated rings. The number of halogens is 4. The van der Waals surface area contributed by atoms with Gasteiger partial charge in [-0.25, -0.2) is 28.1 Å². The van der Waals surface area contributed by atoms with E-state index < -0.39 is 28.5 Å². The molecule has 0 bridgehead atoms. The van der Waals surface area contributed by atoms with Crippen LogP contribution in [0.1, 0.15) is 23.2 Å². The molecule has 0 spiro atoms. The van der Waals surface area contributed by atoms with Gasteiger partial charge in [-0.3, -0.25) is 9.36 Å². The molecule has 0 amide bonds. The number of fused-ring (bicyclic) bond motifs is 2. The van der Waals surface area contributed by atoms with Crippen LogP contribution in [0.2, 0.25) is 5.02 Å². The van der Waals surface area contributed by atoms with Crippen molar-refractivity contribution in [3.63, 3.8) is 0 Å². The summed E-state index contributed by atoms with van der Waals surface area (Å²) in [5.41, 5.74) is 0.587. The van der Waals surface area contributed by atoms with Gasteiger partial charge < -0.3 is 9.55 Å². The van der Waals surface area contributed by atoms with Crippen molar-refractivity contribution in [1.29, 1.82) is 0 Å². The SMILES string of the molecule is Cc1c(F)cc(C(F)n2c(C)nc3ncc(-c4cn(C)c(=O)c5[nH]ccc45)nc32)c(F)c1Cl. The average molecular weight is 473 g/mol. The lowest BCUT2D eigenvalue weighted by molar-refractivity contribution is 0.286. The Morgan fingerprint density at radius 2 is 1.97 bits per heavy atom. The van der Waals surface area contributed by atoms with Crippen molar-refractivity contribution in [1.82, 2.24) is 29.1 Å². The number of H-pyrrole nitrogens is 1. The van der Waals surface area contributed by atoms with Crippen LogP contribution in [0.3, 0.4) is 0 Å². The standard InChI is InChI=1S/C22H16ClF3N6O/c1-9-14(24)6-12(17(25)16(9)23)19(26)32-10(2)29-20-21(32)30-15(7-28-20)13-8-31(3)22(33)18-11(13)4-5-27-18/h4-8,19,27H,1-3H3. The maximum Gasteiger partial charge on any atom is 0.274 e. The number of rotatable bonds is 3. The number of aromatic amines is 1. The number of alkyl halides is 1. The fraction of sp³-hybridized carbons (Fsp3) is 0.182. The number of hydrogen-bond acceptors (Lipinski definition) is 4. The second-order valence-corrected chi connectivity index (χ2v) is 8.07. The van der Waals surface area contributed by atoms with Crippen LogP contribution in [0.15, 0.2) is 35.5 Å². The van der Waals surface area contributed by atoms with Gasteiger partial charge in [-0.2, -0.15) is 0 Å². The van der Waals surface area contributed by atoms with Gasteiger partial charge >= 0.3 is 0 Å². The molecule has 1 unspecified atom stereocenters. The molecule has 1 aromatic carbocycles. The van der Waals surface area contributed by atoms with Gasteiger partial charge in [-0.1, -0.05) is 11.6 Å². The topological polar surface area (TPSA) is 81.4 Å². The van der Waals surface area contributed by atoms with Crippen molar-refractivity contribution >= 4 is 33.8 Å². The van der Waals surface area contributed by atoms with E-state index in [1.165, 1.54) is 24.6 Å². The van der Waals surface area contributed by atoms with E-state index >= 15 is 4.39 Å². The van der Waals surface area contributed by atoms with Gasteiger partial charge in [0.15, 0.2) is 11.3 Å². The number of aryl methyl sites for hydroxylation is 2. The Morgan fingerprint density at radius 3 is 2.73 bits per heavy atom. The van der Waals surface area contributed by atoms with Crippen LogP contribution < -0.4 is 5.56 Å². The molecule has 5 rings (SSSR count). The lowest BCUT2D eigenvalue weighted by Gasteiger charge is -2.16. The summed E-state index contributed by atoms with van der Waals surface area (Å²) in [6, 6.07) is 2.50. The van der Waals surface area contributed by atoms with Gasteiger partial charge in [0, 0.05) is 41.5 Å². The highest BCUT2D eigenvalue weighted by Gasteiger charge is 2.26. The molecular weight excluding hydrogens is 457 g/mol. The maximum atomic E-state index is 15.6. The molecule has 0 aliphatic rings. The van der Waals surface area contributed by atoms with Crippen LogP contribution in [-0.2, 0) is 7.05 Å². The van der Waals surface area contributed by atoms with E-state index in [0.29, 0.717) is 22.2 Å². The number of nitrogens with one attached hydrogen (secondary N) is 1. The van der Waals surface area contributed by atoms with Crippen molar-refractivity contribution in [2.75, 3.05) is 0 Å². The number of benzene rings is 1. The second-order valence-electron chi connectivity index (χ2n) is 7.69. The van der Waals surface area contributed by atoms with Crippen molar-refractivity contribution in [3.05, 3.63) is 74.7 Å². The average Bonchev–Trinajstić information content (AvgIpc) is 3.40. The first-order valence-corrected chi connectivity index (χ1v) is 10.2. The van der Waals surface area contributed by atoms with E-state index in [2.05, 4.69) is 19.9 Å². The molecule has 0 aliphatic carbocycles. The van der Waals surface area contributed by atoms with Crippen LogP contribution in [0.5, 0.6) is 0 Å². The van der Waals surface area contributed by atoms with E-state index in [1.807, 2.05) is 0 Å². The van der Waals surface area contributed by atoms with Crippen LogP contribution in [0.25, 0.3) is 33.5 Å². The molecular formula is C22H16ClF3N6O. The van der Waals surface area contributed by atoms with Gasteiger partial charge in [-0.05, 0) is 26.0 Å². The summed E-state index contributed by atoms with van der Waals surface area (Å²) in [7, 11) is 1.60. The number of aromatic nitrogens is 6. The fourth-order valence-electron chi connectivity index (χ4n) is 3.86. The molecule has 4 aromatic heterocycles. The molecule has 4 heterocycles. The van der Waals surface area contributed by atoms with E-state index in [9.17, 15) is 13.6 Å². The first-order chi connectivity index (χ1) is 15.7. The maximum absolute atomic E-state index is 15.6. The Bertz CT molecular complexity index is 1640. The summed E-state index contributed by atoms with van der Waals surface area (Å²) >= 11 is 5.86. The Kier molecular flexibility index (Phi) is 4.78. The number of pyridine rings is 1. The van der Waals surface area contributed by atoms with E-state index in [0.717, 1.165) is 10.6 Å². The summed E-state index contributed by atoms with van der Waals surface area (Å²) < 4.78 is 47.0. The highest BCUT2D eigenvalue weighted by atomic mass is 35.5. The molecule has 1 N–H and O–H groups in total. The Balaban J connectivity index is 1.73. The van der Waals surface area contributed by atoms with Crippen LogP contribution >= 0.6 is 11.6 Å². The van der Waals surface area contributed by atoms with Crippen molar-refractivity contribution in [3.8, 4) is 11.3 Å². The normalized spacial score (nSPS) is 12.7. The van der Waals surface area contributed by atoms with Gasteiger partial charge in [0.25, 0.3) is 5.56 Å². The van der Waals surface area contributed by atoms with Crippen molar-refractivity contribution in [2.45, 2.75) is 20.1 Å². The fourth-order valence-corrected chi connectivity index (χ4v) is 4.06. The number of nitrogens with zero attached hydrogens (tertiary/aromatic N) is 5. The van der Waals surface area contributed by atoms with Gasteiger partial charge in [0.2, 0.25) is 6.30 Å². The van der Waals surface area contributed by atoms with E-state index in [-0.39, 0.29) is 28.2 Å². The van der Waals surface area contributed by atoms with E-state index in [4.69, 9.17) is 11.6 Å². The quantitative estimate of drug-likeness (QED) is 0.385. The van der Waals surface area contributed by atoms with Crippen LogP contribution in [-0.4, -0.2) is 29.1 Å². The predicted octanol–water partition coefficient (Wildman–Crippen LogP) is 4.74. The highest BCUT2D eigenvalue weighted by Crippen LogP contribution is 2.34. The summed E-state index contributed by atoms with van der Waals surface area (Å²) in [5.74, 6) is -1.72. The Morgan fingerprint density at radius 1 is 1.21 bits per heavy atom. The first kappa shape index (κ1) is 21.2. The predicted molar refractivity (Wildman–Crippen MR) is 118 cm³/mol. The summed E-state index contributed by atoms with van der Waals surface area (Å²) in [6.45, 7) is 2.82. The summed E-state index contributed by atoms with van der Waals surface area (Å²) in [4.78, 5) is 28.3. The van der Waals surface area contributed by atoms with E-state index in [1.54, 1.807) is 25.5 Å². The molecule has 0 saturated heterocycles. The van der Waals surface area contributed by atoms with Crippen molar-refractivity contribution in [2.24, 2.45) is 7.05 Å². The molecule has 1 atom stereocenters. The molecule has 0 aliphatic heterocycles. The molecule has 168 valence electrons. The largest absolute Gasteiger partial charge is 0.357 e. The number of imidazole rings is 1. The molecule has 7 nitrogen and oxygen atoms in total. The Labute approximate surface area is 189 Å². The smallest absolute Gasteiger partial charge is 0.274 e. The summed E-state index contributed by atoms with van der Waals surface area (Å²) in [5, 5.41) is 0.131. The third-order valence-corrected chi connectivity index (χ3v) is 6.10. The zero-order valence-corrected chi connectivity index (χ0v) is 18.4. The molecule has 5 aromatic rings. The summed E-state index contributed by atoms with van der Waals surface area (Å²) in [6.07, 6.45) is 2.54. The van der Waals surface area contributed by atoms with Crippen LogP contribution in [0, 0.1) is 25.5 Å². The third-order valence-electron chi connectivity index (χ3n) is 5.65. The van der Waals surface area contributed by atoms with Gasteiger partial charge in [0.1, 0.15) is 23.0 Å². The molecule has 0 radical (unpaired) electrons. The second kappa shape index (κ2) is 7.45. The van der Waals surface area contributed by atoms with Crippen molar-refractivity contribution < 1.29 is 13.2 Å². The highest BCUT2D eigenvalue weighted by molar-refractivity contribution is 6.31. The minimum Gasteiger partial charge on any atom is -0.357 e. The molecule has 33 heavy (non-hydrogen) atoms. The minimum absolute atomic E-state index is 0.0338.